The Morgan fingerprint density at radius 1 is 1.17 bits per heavy atom. The van der Waals surface area contributed by atoms with E-state index in [4.69, 9.17) is 27.9 Å². The zero-order chi connectivity index (χ0) is 25.4. The monoisotopic (exact) mass is 516 g/mol. The van der Waals surface area contributed by atoms with Gasteiger partial charge in [0.25, 0.3) is 0 Å². The van der Waals surface area contributed by atoms with E-state index in [0.29, 0.717) is 22.9 Å². The number of carbonyl (C=O) groups excluding carboxylic acids is 1. The van der Waals surface area contributed by atoms with Gasteiger partial charge >= 0.3 is 5.97 Å². The van der Waals surface area contributed by atoms with Gasteiger partial charge in [-0.05, 0) is 62.4 Å². The first kappa shape index (κ1) is 25.9. The van der Waals surface area contributed by atoms with Gasteiger partial charge in [-0.25, -0.2) is 4.39 Å². The van der Waals surface area contributed by atoms with E-state index in [-0.39, 0.29) is 10.6 Å². The van der Waals surface area contributed by atoms with Crippen LogP contribution in [0.3, 0.4) is 0 Å². The highest BCUT2D eigenvalue weighted by Gasteiger charge is 2.60. The number of hydrogen-bond donors (Lipinski definition) is 1. The summed E-state index contributed by atoms with van der Waals surface area (Å²) < 4.78 is 21.3. The fraction of sp³-hybridized carbons (Fsp3) is 0.500. The van der Waals surface area contributed by atoms with Crippen LogP contribution in [-0.2, 0) is 14.9 Å². The van der Waals surface area contributed by atoms with Crippen molar-refractivity contribution in [3.8, 4) is 6.07 Å². The molecule has 0 radical (unpaired) electrons. The smallest absolute Gasteiger partial charge is 0.324 e. The normalized spacial score (nSPS) is 27.1. The summed E-state index contributed by atoms with van der Waals surface area (Å²) in [6.45, 7) is 5.38. The highest BCUT2D eigenvalue weighted by Crippen LogP contribution is 2.52. The molecule has 2 aromatic carbocycles. The summed E-state index contributed by atoms with van der Waals surface area (Å²) in [5.74, 6) is -1.56. The van der Waals surface area contributed by atoms with Crippen molar-refractivity contribution in [2.24, 2.45) is 5.92 Å². The van der Waals surface area contributed by atoms with Gasteiger partial charge in [0, 0.05) is 17.0 Å². The molecule has 0 aromatic heterocycles. The number of hydrogen-bond acceptors (Lipinski definition) is 4. The third-order valence-corrected chi connectivity index (χ3v) is 7.83. The number of carbonyl (C=O) groups is 1. The van der Waals surface area contributed by atoms with Crippen molar-refractivity contribution >= 4 is 29.2 Å². The van der Waals surface area contributed by atoms with Crippen LogP contribution in [0.1, 0.15) is 69.9 Å². The van der Waals surface area contributed by atoms with Gasteiger partial charge < -0.3 is 4.74 Å². The van der Waals surface area contributed by atoms with E-state index < -0.39 is 40.8 Å². The molecule has 186 valence electrons. The van der Waals surface area contributed by atoms with Gasteiger partial charge in [-0.3, -0.25) is 10.1 Å². The number of ether oxygens (including phenoxy) is 1. The lowest BCUT2D eigenvalue weighted by atomic mass is 9.63. The maximum atomic E-state index is 15.6. The van der Waals surface area contributed by atoms with Gasteiger partial charge in [0.15, 0.2) is 0 Å². The largest absolute Gasteiger partial charge is 0.459 e. The molecule has 4 nitrogen and oxygen atoms in total. The van der Waals surface area contributed by atoms with Crippen LogP contribution >= 0.6 is 23.2 Å². The van der Waals surface area contributed by atoms with E-state index in [1.54, 1.807) is 45.0 Å². The Morgan fingerprint density at radius 2 is 1.83 bits per heavy atom. The lowest BCUT2D eigenvalue weighted by Crippen LogP contribution is -2.43. The van der Waals surface area contributed by atoms with E-state index in [0.717, 1.165) is 25.7 Å². The molecule has 1 saturated carbocycles. The summed E-state index contributed by atoms with van der Waals surface area (Å²) in [6, 6.07) is 13.1. The molecule has 1 heterocycles. The fourth-order valence-corrected chi connectivity index (χ4v) is 6.14. The Kier molecular flexibility index (Phi) is 7.48. The predicted octanol–water partition coefficient (Wildman–Crippen LogP) is 6.94. The second-order valence-electron chi connectivity index (χ2n) is 10.7. The standard InChI is InChI=1S/C28H31Cl2FN2O2/c1-27(2,3)35-26(34)25-23(20-9-6-10-21(30)24(20)31)28(16-32,18-11-13-19(29)14-12-18)22(33-25)15-17-7-4-5-8-17/h6,9-14,17,22-23,25,33H,4-5,7-8,15H2,1-3H3. The molecule has 1 aliphatic carbocycles. The summed E-state index contributed by atoms with van der Waals surface area (Å²) in [6.07, 6.45) is 5.16. The van der Waals surface area contributed by atoms with Crippen molar-refractivity contribution in [3.63, 3.8) is 0 Å². The Labute approximate surface area is 216 Å². The quantitative estimate of drug-likeness (QED) is 0.437. The highest BCUT2D eigenvalue weighted by atomic mass is 35.5. The van der Waals surface area contributed by atoms with E-state index in [9.17, 15) is 10.1 Å². The minimum Gasteiger partial charge on any atom is -0.459 e. The van der Waals surface area contributed by atoms with Crippen molar-refractivity contribution in [2.75, 3.05) is 0 Å². The highest BCUT2D eigenvalue weighted by molar-refractivity contribution is 6.31. The van der Waals surface area contributed by atoms with E-state index in [1.165, 1.54) is 6.07 Å². The molecule has 0 spiro atoms. The summed E-state index contributed by atoms with van der Waals surface area (Å²) >= 11 is 12.4. The molecule has 2 fully saturated rings. The molecule has 35 heavy (non-hydrogen) atoms. The maximum absolute atomic E-state index is 15.6. The van der Waals surface area contributed by atoms with Crippen molar-refractivity contribution in [1.82, 2.24) is 5.32 Å². The van der Waals surface area contributed by atoms with Crippen molar-refractivity contribution < 1.29 is 13.9 Å². The molecule has 2 aromatic rings. The first-order valence-electron chi connectivity index (χ1n) is 12.2. The predicted molar refractivity (Wildman–Crippen MR) is 136 cm³/mol. The van der Waals surface area contributed by atoms with E-state index in [1.807, 2.05) is 12.1 Å². The molecule has 1 aliphatic heterocycles. The first-order chi connectivity index (χ1) is 16.6. The first-order valence-corrected chi connectivity index (χ1v) is 12.9. The zero-order valence-electron chi connectivity index (χ0n) is 20.3. The zero-order valence-corrected chi connectivity index (χ0v) is 21.8. The Hall–Kier alpha value is -2.13. The molecule has 1 saturated heterocycles. The molecule has 4 atom stereocenters. The summed E-state index contributed by atoms with van der Waals surface area (Å²) in [5.41, 5.74) is -1.06. The molecule has 4 rings (SSSR count). The van der Waals surface area contributed by atoms with Crippen LogP contribution in [0, 0.1) is 23.1 Å². The number of nitrogens with zero attached hydrogens (tertiary/aromatic N) is 1. The Bertz CT molecular complexity index is 1120. The van der Waals surface area contributed by atoms with Gasteiger partial charge in [-0.15, -0.1) is 0 Å². The summed E-state index contributed by atoms with van der Waals surface area (Å²) in [4.78, 5) is 13.5. The molecule has 2 aliphatic rings. The Balaban J connectivity index is 1.92. The lowest BCUT2D eigenvalue weighted by Gasteiger charge is -2.36. The maximum Gasteiger partial charge on any atom is 0.324 e. The third kappa shape index (κ3) is 5.07. The van der Waals surface area contributed by atoms with Crippen LogP contribution in [0.5, 0.6) is 0 Å². The number of nitrogens with one attached hydrogen (secondary N) is 1. The van der Waals surface area contributed by atoms with Crippen LogP contribution in [0.25, 0.3) is 0 Å². The average Bonchev–Trinajstić information content (AvgIpc) is 3.42. The van der Waals surface area contributed by atoms with Crippen molar-refractivity contribution in [3.05, 3.63) is 69.5 Å². The molecule has 1 N–H and O–H groups in total. The van der Waals surface area contributed by atoms with E-state index in [2.05, 4.69) is 11.4 Å². The summed E-state index contributed by atoms with van der Waals surface area (Å²) in [7, 11) is 0. The average molecular weight is 517 g/mol. The van der Waals surface area contributed by atoms with Gasteiger partial charge in [0.2, 0.25) is 0 Å². The topological polar surface area (TPSA) is 62.1 Å². The van der Waals surface area contributed by atoms with Crippen LogP contribution < -0.4 is 5.32 Å². The fourth-order valence-electron chi connectivity index (χ4n) is 5.83. The minimum atomic E-state index is -1.24. The lowest BCUT2D eigenvalue weighted by molar-refractivity contribution is -0.157. The van der Waals surface area contributed by atoms with Crippen LogP contribution in [0.2, 0.25) is 10.0 Å². The van der Waals surface area contributed by atoms with Gasteiger partial charge in [-0.2, -0.15) is 5.26 Å². The molecule has 4 unspecified atom stereocenters. The van der Waals surface area contributed by atoms with Gasteiger partial charge in [-0.1, -0.05) is 73.2 Å². The SMILES string of the molecule is CC(C)(C)OC(=O)C1NC(CC2CCCC2)C(C#N)(c2ccc(Cl)cc2)C1c1cccc(Cl)c1F. The third-order valence-electron chi connectivity index (χ3n) is 7.28. The molecular weight excluding hydrogens is 486 g/mol. The number of esters is 1. The summed E-state index contributed by atoms with van der Waals surface area (Å²) in [5, 5.41) is 14.8. The van der Waals surface area contributed by atoms with Gasteiger partial charge in [0.1, 0.15) is 22.9 Å². The van der Waals surface area contributed by atoms with Crippen molar-refractivity contribution in [1.29, 1.82) is 5.26 Å². The minimum absolute atomic E-state index is 0.0485. The van der Waals surface area contributed by atoms with Crippen LogP contribution in [0.4, 0.5) is 4.39 Å². The second kappa shape index (κ2) is 10.1. The van der Waals surface area contributed by atoms with E-state index >= 15 is 4.39 Å². The number of rotatable bonds is 5. The van der Waals surface area contributed by atoms with Gasteiger partial charge in [0.05, 0.1) is 11.1 Å². The molecular formula is C28H31Cl2FN2O2. The number of nitriles is 1. The van der Waals surface area contributed by atoms with Crippen molar-refractivity contribution in [2.45, 2.75) is 81.9 Å². The number of benzene rings is 2. The molecule has 0 amide bonds. The molecule has 7 heteroatoms. The van der Waals surface area contributed by atoms with Crippen LogP contribution in [-0.4, -0.2) is 23.7 Å². The number of halogens is 3. The second-order valence-corrected chi connectivity index (χ2v) is 11.6. The van der Waals surface area contributed by atoms with Crippen LogP contribution in [0.15, 0.2) is 42.5 Å². The molecule has 0 bridgehead atoms. The Morgan fingerprint density at radius 3 is 2.43 bits per heavy atom.